The van der Waals surface area contributed by atoms with Gasteiger partial charge in [-0.2, -0.15) is 5.10 Å². The minimum absolute atomic E-state index is 0.519. The molecule has 1 aliphatic rings. The lowest BCUT2D eigenvalue weighted by molar-refractivity contribution is 0.756. The van der Waals surface area contributed by atoms with Gasteiger partial charge in [-0.05, 0) is 30.3 Å². The van der Waals surface area contributed by atoms with Gasteiger partial charge in [0.15, 0.2) is 5.82 Å². The minimum atomic E-state index is 0.519. The van der Waals surface area contributed by atoms with Crippen molar-refractivity contribution in [3.63, 3.8) is 0 Å². The van der Waals surface area contributed by atoms with Crippen molar-refractivity contribution in [2.24, 2.45) is 5.10 Å². The Hall–Kier alpha value is -4.46. The summed E-state index contributed by atoms with van der Waals surface area (Å²) in [5.74, 6) is 0.519. The summed E-state index contributed by atoms with van der Waals surface area (Å²) < 4.78 is 0. The van der Waals surface area contributed by atoms with Crippen molar-refractivity contribution in [3.8, 4) is 0 Å². The van der Waals surface area contributed by atoms with Crippen LogP contribution >= 0.6 is 0 Å². The number of nitrogens with one attached hydrogen (secondary N) is 1. The number of allylic oxidation sites excluding steroid dienone is 1. The van der Waals surface area contributed by atoms with Crippen molar-refractivity contribution in [2.45, 2.75) is 0 Å². The molecule has 4 aromatic rings. The van der Waals surface area contributed by atoms with E-state index in [0.29, 0.717) is 22.8 Å². The summed E-state index contributed by atoms with van der Waals surface area (Å²) in [5, 5.41) is 6.48. The van der Waals surface area contributed by atoms with Crippen molar-refractivity contribution in [3.05, 3.63) is 109 Å². The smallest absolute Gasteiger partial charge is 0.163 e. The lowest BCUT2D eigenvalue weighted by atomic mass is 10.0. The van der Waals surface area contributed by atoms with E-state index < -0.39 is 0 Å². The number of hydrogen-bond acceptors (Lipinski definition) is 8. The van der Waals surface area contributed by atoms with E-state index in [-0.39, 0.29) is 0 Å². The van der Waals surface area contributed by atoms with Crippen LogP contribution in [0.4, 0.5) is 5.69 Å². The van der Waals surface area contributed by atoms with E-state index in [1.165, 1.54) is 0 Å². The molecule has 0 saturated carbocycles. The fourth-order valence-electron chi connectivity index (χ4n) is 3.19. The summed E-state index contributed by atoms with van der Waals surface area (Å²) >= 11 is 0. The highest BCUT2D eigenvalue weighted by Crippen LogP contribution is 2.34. The van der Waals surface area contributed by atoms with Crippen molar-refractivity contribution in [1.29, 1.82) is 0 Å². The maximum atomic E-state index is 4.62. The zero-order chi connectivity index (χ0) is 20.2. The molecule has 0 bridgehead atoms. The van der Waals surface area contributed by atoms with Gasteiger partial charge in [-0.15, -0.1) is 0 Å². The van der Waals surface area contributed by atoms with Crippen LogP contribution in [0.15, 0.2) is 96.9 Å². The van der Waals surface area contributed by atoms with Crippen LogP contribution in [-0.2, 0) is 0 Å². The van der Waals surface area contributed by atoms with Gasteiger partial charge in [-0.3, -0.25) is 15.0 Å². The maximum Gasteiger partial charge on any atom is 0.163 e. The van der Waals surface area contributed by atoms with E-state index in [9.17, 15) is 0 Å². The monoisotopic (exact) mass is 392 g/mol. The number of aromatic nitrogens is 5. The molecule has 0 radical (unpaired) electrons. The number of hydrazone groups is 1. The molecule has 5 rings (SSSR count). The second-order valence-corrected chi connectivity index (χ2v) is 6.33. The standard InChI is InChI=1S/C22H16N8/c1-2-7-16(8-3-1)30-21(17-9-4-5-10-24-17)19(22-26-11-6-12-27-22)20(28-29-30)18-15-23-13-14-25-18/h1-15,29H. The molecule has 0 fully saturated rings. The second-order valence-electron chi connectivity index (χ2n) is 6.33. The van der Waals surface area contributed by atoms with E-state index >= 15 is 0 Å². The van der Waals surface area contributed by atoms with Gasteiger partial charge in [-0.25, -0.2) is 20.5 Å². The number of nitrogens with zero attached hydrogens (tertiary/aromatic N) is 7. The van der Waals surface area contributed by atoms with Crippen LogP contribution in [0.5, 0.6) is 0 Å². The van der Waals surface area contributed by atoms with Crippen LogP contribution in [0.3, 0.4) is 0 Å². The summed E-state index contributed by atoms with van der Waals surface area (Å²) in [6.07, 6.45) is 10.1. The van der Waals surface area contributed by atoms with Crippen LogP contribution in [0.2, 0.25) is 0 Å². The molecular weight excluding hydrogens is 376 g/mol. The Morgan fingerprint density at radius 2 is 1.43 bits per heavy atom. The van der Waals surface area contributed by atoms with Gasteiger partial charge in [0.25, 0.3) is 0 Å². The van der Waals surface area contributed by atoms with E-state index in [1.54, 1.807) is 43.2 Å². The highest BCUT2D eigenvalue weighted by Gasteiger charge is 2.31. The lowest BCUT2D eigenvalue weighted by Crippen LogP contribution is -2.39. The second kappa shape index (κ2) is 7.88. The molecule has 8 nitrogen and oxygen atoms in total. The molecule has 4 heterocycles. The first-order valence-electron chi connectivity index (χ1n) is 9.30. The van der Waals surface area contributed by atoms with Crippen LogP contribution in [0.1, 0.15) is 17.2 Å². The fraction of sp³-hybridized carbons (Fsp3) is 0. The molecule has 30 heavy (non-hydrogen) atoms. The third-order valence-corrected chi connectivity index (χ3v) is 4.48. The Labute approximate surface area is 172 Å². The average Bonchev–Trinajstić information content (AvgIpc) is 2.85. The Morgan fingerprint density at radius 1 is 0.667 bits per heavy atom. The van der Waals surface area contributed by atoms with Gasteiger partial charge in [-0.1, -0.05) is 24.3 Å². The zero-order valence-corrected chi connectivity index (χ0v) is 15.8. The average molecular weight is 392 g/mol. The molecule has 0 aliphatic carbocycles. The number of hydrogen-bond donors (Lipinski definition) is 1. The van der Waals surface area contributed by atoms with E-state index in [2.05, 4.69) is 35.6 Å². The third-order valence-electron chi connectivity index (χ3n) is 4.48. The Balaban J connectivity index is 1.81. The largest absolute Gasteiger partial charge is 0.261 e. The first kappa shape index (κ1) is 17.6. The molecule has 0 unspecified atom stereocenters. The molecule has 3 aromatic heterocycles. The first-order valence-corrected chi connectivity index (χ1v) is 9.30. The predicted molar refractivity (Wildman–Crippen MR) is 114 cm³/mol. The zero-order valence-electron chi connectivity index (χ0n) is 15.8. The van der Waals surface area contributed by atoms with Crippen molar-refractivity contribution >= 4 is 22.7 Å². The lowest BCUT2D eigenvalue weighted by Gasteiger charge is -2.32. The minimum Gasteiger partial charge on any atom is -0.261 e. The van der Waals surface area contributed by atoms with Gasteiger partial charge < -0.3 is 0 Å². The highest BCUT2D eigenvalue weighted by atomic mass is 15.7. The number of benzene rings is 1. The number of pyridine rings is 1. The van der Waals surface area contributed by atoms with Crippen LogP contribution in [-0.4, -0.2) is 30.6 Å². The van der Waals surface area contributed by atoms with E-state index in [4.69, 9.17) is 0 Å². The molecule has 1 N–H and O–H groups in total. The summed E-state index contributed by atoms with van der Waals surface area (Å²) in [7, 11) is 0. The quantitative estimate of drug-likeness (QED) is 0.571. The molecule has 0 amide bonds. The normalized spacial score (nSPS) is 13.6. The van der Waals surface area contributed by atoms with Gasteiger partial charge >= 0.3 is 0 Å². The molecule has 1 aromatic carbocycles. The highest BCUT2D eigenvalue weighted by molar-refractivity contribution is 6.36. The van der Waals surface area contributed by atoms with Crippen LogP contribution in [0.25, 0.3) is 11.3 Å². The number of para-hydroxylation sites is 1. The topological polar surface area (TPSA) is 92.1 Å². The number of hydrazine groups is 1. The van der Waals surface area contributed by atoms with Crippen molar-refractivity contribution < 1.29 is 0 Å². The molecule has 0 atom stereocenters. The Kier molecular flexibility index (Phi) is 4.63. The molecule has 144 valence electrons. The summed E-state index contributed by atoms with van der Waals surface area (Å²) in [6.45, 7) is 0. The summed E-state index contributed by atoms with van der Waals surface area (Å²) in [5.41, 5.74) is 7.44. The third kappa shape index (κ3) is 3.26. The number of rotatable bonds is 4. The Morgan fingerprint density at radius 3 is 2.17 bits per heavy atom. The predicted octanol–water partition coefficient (Wildman–Crippen LogP) is 2.96. The van der Waals surface area contributed by atoms with E-state index in [1.807, 2.05) is 53.5 Å². The van der Waals surface area contributed by atoms with E-state index in [0.717, 1.165) is 17.1 Å². The first-order chi connectivity index (χ1) is 14.9. The fourth-order valence-corrected chi connectivity index (χ4v) is 3.19. The number of anilines is 1. The molecular formula is C22H16N8. The van der Waals surface area contributed by atoms with Gasteiger partial charge in [0.1, 0.15) is 17.1 Å². The maximum absolute atomic E-state index is 4.62. The summed E-state index contributed by atoms with van der Waals surface area (Å²) in [4.78, 5) is 22.2. The van der Waals surface area contributed by atoms with Crippen molar-refractivity contribution in [2.75, 3.05) is 5.01 Å². The molecule has 0 saturated heterocycles. The molecule has 1 aliphatic heterocycles. The summed E-state index contributed by atoms with van der Waals surface area (Å²) in [6, 6.07) is 17.4. The van der Waals surface area contributed by atoms with Crippen LogP contribution in [0, 0.1) is 0 Å². The Bertz CT molecular complexity index is 1190. The van der Waals surface area contributed by atoms with Gasteiger partial charge in [0, 0.05) is 31.0 Å². The van der Waals surface area contributed by atoms with Crippen LogP contribution < -0.4 is 10.5 Å². The van der Waals surface area contributed by atoms with Crippen molar-refractivity contribution in [1.82, 2.24) is 30.5 Å². The van der Waals surface area contributed by atoms with Gasteiger partial charge in [0.05, 0.1) is 23.2 Å². The molecule has 0 spiro atoms. The SMILES string of the molecule is c1ccc(N2NN=C(c3cnccn3)C(c3ncccn3)=C2c2ccccn2)cc1. The molecule has 8 heteroatoms. The van der Waals surface area contributed by atoms with Gasteiger partial charge in [0.2, 0.25) is 0 Å².